The van der Waals surface area contributed by atoms with Crippen LogP contribution in [0.25, 0.3) is 0 Å². The molecule has 1 saturated heterocycles. The number of anilines is 1. The molecule has 0 spiro atoms. The Hall–Kier alpha value is -1.40. The minimum absolute atomic E-state index is 0.0702. The minimum atomic E-state index is -0.0702. The van der Waals surface area contributed by atoms with Gasteiger partial charge in [0, 0.05) is 18.7 Å². The molecule has 1 aliphatic heterocycles. The topological polar surface area (TPSA) is 70.4 Å². The van der Waals surface area contributed by atoms with Crippen LogP contribution in [-0.2, 0) is 4.79 Å². The number of nitrogens with zero attached hydrogens (tertiary/aromatic N) is 2. The fourth-order valence-electron chi connectivity index (χ4n) is 2.16. The third-order valence-electron chi connectivity index (χ3n) is 3.18. The van der Waals surface area contributed by atoms with Gasteiger partial charge in [0.15, 0.2) is 0 Å². The van der Waals surface area contributed by atoms with Gasteiger partial charge in [-0.2, -0.15) is 0 Å². The van der Waals surface area contributed by atoms with Crippen molar-refractivity contribution in [3.63, 3.8) is 0 Å². The highest BCUT2D eigenvalue weighted by molar-refractivity contribution is 5.90. The van der Waals surface area contributed by atoms with E-state index in [2.05, 4.69) is 20.7 Å². The van der Waals surface area contributed by atoms with Gasteiger partial charge in [0.25, 0.3) is 0 Å². The van der Waals surface area contributed by atoms with Crippen LogP contribution in [0.3, 0.4) is 0 Å². The highest BCUT2D eigenvalue weighted by Crippen LogP contribution is 2.10. The molecular formula is C12H20N4O2. The van der Waals surface area contributed by atoms with E-state index in [1.54, 1.807) is 6.07 Å². The van der Waals surface area contributed by atoms with E-state index in [1.165, 1.54) is 0 Å². The third kappa shape index (κ3) is 3.54. The second kappa shape index (κ2) is 5.97. The van der Waals surface area contributed by atoms with Crippen molar-refractivity contribution in [1.82, 2.24) is 15.4 Å². The summed E-state index contributed by atoms with van der Waals surface area (Å²) in [7, 11) is 1.98. The van der Waals surface area contributed by atoms with E-state index in [-0.39, 0.29) is 5.91 Å². The first-order valence-corrected chi connectivity index (χ1v) is 6.29. The first-order valence-electron chi connectivity index (χ1n) is 6.29. The Bertz CT molecular complexity index is 399. The number of carbonyl (C=O) groups is 1. The number of aryl methyl sites for hydroxylation is 1. The van der Waals surface area contributed by atoms with E-state index in [0.717, 1.165) is 31.6 Å². The summed E-state index contributed by atoms with van der Waals surface area (Å²) in [6.07, 6.45) is 2.30. The quantitative estimate of drug-likeness (QED) is 0.821. The molecule has 18 heavy (non-hydrogen) atoms. The smallest absolute Gasteiger partial charge is 0.240 e. The monoisotopic (exact) mass is 252 g/mol. The molecule has 1 atom stereocenters. The number of amides is 1. The number of aromatic nitrogens is 1. The summed E-state index contributed by atoms with van der Waals surface area (Å²) < 4.78 is 4.95. The van der Waals surface area contributed by atoms with Crippen LogP contribution in [-0.4, -0.2) is 48.7 Å². The molecule has 0 bridgehead atoms. The van der Waals surface area contributed by atoms with Gasteiger partial charge in [0.2, 0.25) is 11.8 Å². The molecule has 6 nitrogen and oxygen atoms in total. The summed E-state index contributed by atoms with van der Waals surface area (Å²) in [6, 6.07) is 2.14. The van der Waals surface area contributed by atoms with Gasteiger partial charge in [0.1, 0.15) is 0 Å². The maximum atomic E-state index is 11.8. The molecule has 2 N–H and O–H groups in total. The third-order valence-corrected chi connectivity index (χ3v) is 3.18. The van der Waals surface area contributed by atoms with Crippen molar-refractivity contribution in [1.29, 1.82) is 0 Å². The van der Waals surface area contributed by atoms with Crippen molar-refractivity contribution >= 4 is 11.8 Å². The Balaban J connectivity index is 1.79. The summed E-state index contributed by atoms with van der Waals surface area (Å²) >= 11 is 0. The lowest BCUT2D eigenvalue weighted by Crippen LogP contribution is -2.46. The summed E-state index contributed by atoms with van der Waals surface area (Å²) in [5.74, 6) is 0.340. The van der Waals surface area contributed by atoms with Gasteiger partial charge in [-0.25, -0.2) is 0 Å². The molecule has 1 aliphatic rings. The van der Waals surface area contributed by atoms with Crippen LogP contribution in [0.15, 0.2) is 10.6 Å². The number of rotatable bonds is 4. The van der Waals surface area contributed by atoms with Crippen molar-refractivity contribution in [2.24, 2.45) is 0 Å². The van der Waals surface area contributed by atoms with Crippen LogP contribution < -0.4 is 10.6 Å². The summed E-state index contributed by atoms with van der Waals surface area (Å²) in [5, 5.41) is 9.77. The Labute approximate surface area is 107 Å². The van der Waals surface area contributed by atoms with Crippen LogP contribution in [0.5, 0.6) is 0 Å². The molecule has 2 heterocycles. The first kappa shape index (κ1) is 13.0. The molecule has 0 aromatic carbocycles. The van der Waals surface area contributed by atoms with Crippen LogP contribution in [0.1, 0.15) is 18.5 Å². The molecule has 1 aromatic heterocycles. The zero-order chi connectivity index (χ0) is 13.0. The average Bonchev–Trinajstić information content (AvgIpc) is 2.75. The molecule has 0 radical (unpaired) electrons. The van der Waals surface area contributed by atoms with Gasteiger partial charge >= 0.3 is 0 Å². The Morgan fingerprint density at radius 1 is 1.72 bits per heavy atom. The number of carbonyl (C=O) groups excluding carboxylic acids is 1. The fourth-order valence-corrected chi connectivity index (χ4v) is 2.16. The Morgan fingerprint density at radius 3 is 3.17 bits per heavy atom. The molecule has 1 fully saturated rings. The lowest BCUT2D eigenvalue weighted by molar-refractivity contribution is -0.117. The maximum absolute atomic E-state index is 11.8. The molecule has 1 amide bonds. The van der Waals surface area contributed by atoms with Gasteiger partial charge < -0.3 is 9.84 Å². The molecule has 2 rings (SSSR count). The maximum Gasteiger partial charge on any atom is 0.240 e. The van der Waals surface area contributed by atoms with Crippen LogP contribution in [0, 0.1) is 6.92 Å². The lowest BCUT2D eigenvalue weighted by Gasteiger charge is -2.30. The SMILES string of the molecule is Cc1cc(NC(=O)CN(C)C2CCCNC2)on1. The van der Waals surface area contributed by atoms with Crippen molar-refractivity contribution in [2.45, 2.75) is 25.8 Å². The predicted molar refractivity (Wildman–Crippen MR) is 68.4 cm³/mol. The first-order chi connectivity index (χ1) is 8.65. The molecule has 6 heteroatoms. The van der Waals surface area contributed by atoms with Gasteiger partial charge in [0.05, 0.1) is 12.2 Å². The van der Waals surface area contributed by atoms with E-state index < -0.39 is 0 Å². The van der Waals surface area contributed by atoms with Gasteiger partial charge in [-0.3, -0.25) is 15.0 Å². The summed E-state index contributed by atoms with van der Waals surface area (Å²) in [6.45, 7) is 4.21. The largest absolute Gasteiger partial charge is 0.338 e. The summed E-state index contributed by atoms with van der Waals surface area (Å²) in [5.41, 5.74) is 0.759. The molecular weight excluding hydrogens is 232 g/mol. The number of nitrogens with one attached hydrogen (secondary N) is 2. The van der Waals surface area contributed by atoms with E-state index in [9.17, 15) is 4.79 Å². The van der Waals surface area contributed by atoms with E-state index in [1.807, 2.05) is 14.0 Å². The van der Waals surface area contributed by atoms with E-state index >= 15 is 0 Å². The van der Waals surface area contributed by atoms with Crippen LogP contribution >= 0.6 is 0 Å². The average molecular weight is 252 g/mol. The van der Waals surface area contributed by atoms with E-state index in [4.69, 9.17) is 4.52 Å². The molecule has 0 aliphatic carbocycles. The molecule has 0 saturated carbocycles. The van der Waals surface area contributed by atoms with Gasteiger partial charge in [-0.1, -0.05) is 5.16 Å². The van der Waals surface area contributed by atoms with Crippen molar-refractivity contribution in [3.8, 4) is 0 Å². The second-order valence-electron chi connectivity index (χ2n) is 4.80. The summed E-state index contributed by atoms with van der Waals surface area (Å²) in [4.78, 5) is 13.9. The zero-order valence-corrected chi connectivity index (χ0v) is 10.9. The number of likely N-dealkylation sites (N-methyl/N-ethyl adjacent to an activating group) is 1. The van der Waals surface area contributed by atoms with E-state index in [0.29, 0.717) is 18.5 Å². The lowest BCUT2D eigenvalue weighted by atomic mass is 10.1. The van der Waals surface area contributed by atoms with Crippen molar-refractivity contribution < 1.29 is 9.32 Å². The standard InChI is InChI=1S/C12H20N4O2/c1-9-6-12(18-15-9)14-11(17)8-16(2)10-4-3-5-13-7-10/h6,10,13H,3-5,7-8H2,1-2H3,(H,14,17). The fraction of sp³-hybridized carbons (Fsp3) is 0.667. The molecule has 100 valence electrons. The normalized spacial score (nSPS) is 20.1. The number of hydrogen-bond donors (Lipinski definition) is 2. The number of piperidine rings is 1. The molecule has 1 unspecified atom stereocenters. The zero-order valence-electron chi connectivity index (χ0n) is 10.9. The highest BCUT2D eigenvalue weighted by atomic mass is 16.5. The molecule has 1 aromatic rings. The number of hydrogen-bond acceptors (Lipinski definition) is 5. The van der Waals surface area contributed by atoms with Crippen molar-refractivity contribution in [3.05, 3.63) is 11.8 Å². The van der Waals surface area contributed by atoms with Crippen molar-refractivity contribution in [2.75, 3.05) is 32.0 Å². The van der Waals surface area contributed by atoms with Crippen LogP contribution in [0.4, 0.5) is 5.88 Å². The van der Waals surface area contributed by atoms with Gasteiger partial charge in [-0.15, -0.1) is 0 Å². The van der Waals surface area contributed by atoms with Gasteiger partial charge in [-0.05, 0) is 33.4 Å². The Morgan fingerprint density at radius 2 is 2.56 bits per heavy atom. The predicted octanol–water partition coefficient (Wildman–Crippen LogP) is 0.605. The Kier molecular flexibility index (Phi) is 4.33. The minimum Gasteiger partial charge on any atom is -0.338 e. The highest BCUT2D eigenvalue weighted by Gasteiger charge is 2.19. The van der Waals surface area contributed by atoms with Crippen LogP contribution in [0.2, 0.25) is 0 Å². The second-order valence-corrected chi connectivity index (χ2v) is 4.80.